The maximum Gasteiger partial charge on any atom is 0.419 e. The van der Waals surface area contributed by atoms with Crippen molar-refractivity contribution in [1.29, 1.82) is 0 Å². The molecule has 3 aromatic rings. The first-order valence-electron chi connectivity index (χ1n) is 7.22. The SMILES string of the molecule is O=C(CCn1c(=O)oc2ccccc21)OCc1ccc(F)cc1Cl. The summed E-state index contributed by atoms with van der Waals surface area (Å²) < 4.78 is 24.5. The Labute approximate surface area is 141 Å². The fourth-order valence-corrected chi connectivity index (χ4v) is 2.52. The van der Waals surface area contributed by atoms with Crippen molar-refractivity contribution in [2.24, 2.45) is 0 Å². The number of hydrogen-bond acceptors (Lipinski definition) is 4. The van der Waals surface area contributed by atoms with Crippen LogP contribution < -0.4 is 5.76 Å². The van der Waals surface area contributed by atoms with Gasteiger partial charge in [0, 0.05) is 12.1 Å². The van der Waals surface area contributed by atoms with Crippen molar-refractivity contribution in [3.63, 3.8) is 0 Å². The molecule has 1 aromatic heterocycles. The van der Waals surface area contributed by atoms with Gasteiger partial charge in [-0.25, -0.2) is 9.18 Å². The molecule has 124 valence electrons. The summed E-state index contributed by atoms with van der Waals surface area (Å²) in [5, 5.41) is 0.194. The summed E-state index contributed by atoms with van der Waals surface area (Å²) in [6.07, 6.45) is 0.00223. The van der Waals surface area contributed by atoms with E-state index in [0.717, 1.165) is 6.07 Å². The molecule has 0 atom stereocenters. The molecule has 24 heavy (non-hydrogen) atoms. The van der Waals surface area contributed by atoms with Crippen molar-refractivity contribution >= 4 is 28.7 Å². The Morgan fingerprint density at radius 1 is 1.25 bits per heavy atom. The number of hydrogen-bond donors (Lipinski definition) is 0. The van der Waals surface area contributed by atoms with E-state index in [9.17, 15) is 14.0 Å². The number of ether oxygens (including phenoxy) is 1. The molecule has 0 radical (unpaired) electrons. The minimum atomic E-state index is -0.523. The Hall–Kier alpha value is -2.60. The summed E-state index contributed by atoms with van der Waals surface area (Å²) in [4.78, 5) is 23.7. The molecule has 0 aliphatic rings. The summed E-state index contributed by atoms with van der Waals surface area (Å²) in [6.45, 7) is 0.0881. The van der Waals surface area contributed by atoms with E-state index in [2.05, 4.69) is 0 Å². The number of rotatable bonds is 5. The van der Waals surface area contributed by atoms with Crippen LogP contribution >= 0.6 is 11.6 Å². The molecule has 0 aliphatic carbocycles. The smallest absolute Gasteiger partial charge is 0.419 e. The highest BCUT2D eigenvalue weighted by Crippen LogP contribution is 2.18. The van der Waals surface area contributed by atoms with Gasteiger partial charge in [0.05, 0.1) is 17.0 Å². The molecule has 0 spiro atoms. The standard InChI is InChI=1S/C17H13ClFNO4/c18-13-9-12(19)6-5-11(13)10-23-16(21)7-8-20-14-3-1-2-4-15(14)24-17(20)22/h1-6,9H,7-8,10H2. The van der Waals surface area contributed by atoms with Crippen molar-refractivity contribution < 1.29 is 18.3 Å². The first kappa shape index (κ1) is 16.3. The molecule has 0 aliphatic heterocycles. The van der Waals surface area contributed by atoms with E-state index in [4.69, 9.17) is 20.8 Å². The highest BCUT2D eigenvalue weighted by molar-refractivity contribution is 6.31. The minimum Gasteiger partial charge on any atom is -0.461 e. The molecule has 0 unspecified atom stereocenters. The second-order valence-corrected chi connectivity index (χ2v) is 5.54. The van der Waals surface area contributed by atoms with E-state index < -0.39 is 17.5 Å². The number of para-hydroxylation sites is 2. The highest BCUT2D eigenvalue weighted by Gasteiger charge is 2.12. The maximum atomic E-state index is 13.0. The first-order valence-corrected chi connectivity index (χ1v) is 7.60. The zero-order valence-corrected chi connectivity index (χ0v) is 13.3. The lowest BCUT2D eigenvalue weighted by atomic mass is 10.2. The number of aromatic nitrogens is 1. The highest BCUT2D eigenvalue weighted by atomic mass is 35.5. The van der Waals surface area contributed by atoms with Gasteiger partial charge in [-0.1, -0.05) is 29.8 Å². The zero-order chi connectivity index (χ0) is 17.1. The summed E-state index contributed by atoms with van der Waals surface area (Å²) in [7, 11) is 0. The Balaban J connectivity index is 1.61. The summed E-state index contributed by atoms with van der Waals surface area (Å²) >= 11 is 5.87. The molecule has 0 saturated carbocycles. The van der Waals surface area contributed by atoms with Gasteiger partial charge < -0.3 is 9.15 Å². The lowest BCUT2D eigenvalue weighted by Gasteiger charge is -2.07. The van der Waals surface area contributed by atoms with Crippen LogP contribution in [0.1, 0.15) is 12.0 Å². The summed E-state index contributed by atoms with van der Waals surface area (Å²) in [6, 6.07) is 10.8. The van der Waals surface area contributed by atoms with Gasteiger partial charge in [-0.15, -0.1) is 0 Å². The number of esters is 1. The van der Waals surface area contributed by atoms with Crippen LogP contribution in [0.4, 0.5) is 4.39 Å². The molecule has 1 heterocycles. The second-order valence-electron chi connectivity index (χ2n) is 5.13. The number of halogens is 2. The fourth-order valence-electron chi connectivity index (χ4n) is 2.30. The third kappa shape index (κ3) is 3.49. The predicted octanol–water partition coefficient (Wildman–Crippen LogP) is 3.52. The molecule has 7 heteroatoms. The summed E-state index contributed by atoms with van der Waals surface area (Å²) in [5.41, 5.74) is 1.60. The van der Waals surface area contributed by atoms with Crippen LogP contribution in [-0.2, 0) is 22.7 Å². The topological polar surface area (TPSA) is 61.4 Å². The van der Waals surface area contributed by atoms with Gasteiger partial charge in [-0.05, 0) is 24.3 Å². The number of fused-ring (bicyclic) bond motifs is 1. The van der Waals surface area contributed by atoms with Crippen LogP contribution in [0, 0.1) is 5.82 Å². The van der Waals surface area contributed by atoms with Crippen molar-refractivity contribution in [3.8, 4) is 0 Å². The normalized spacial score (nSPS) is 10.9. The van der Waals surface area contributed by atoms with Gasteiger partial charge >= 0.3 is 11.7 Å². The average Bonchev–Trinajstić information content (AvgIpc) is 2.87. The lowest BCUT2D eigenvalue weighted by molar-refractivity contribution is -0.145. The Bertz CT molecular complexity index is 947. The number of aryl methyl sites for hydroxylation is 1. The van der Waals surface area contributed by atoms with E-state index in [1.54, 1.807) is 24.3 Å². The molecule has 0 bridgehead atoms. The van der Waals surface area contributed by atoms with Gasteiger partial charge in [-0.3, -0.25) is 9.36 Å². The fraction of sp³-hybridized carbons (Fsp3) is 0.176. The van der Waals surface area contributed by atoms with Gasteiger partial charge in [0.15, 0.2) is 5.58 Å². The van der Waals surface area contributed by atoms with E-state index in [0.29, 0.717) is 16.7 Å². The first-order chi connectivity index (χ1) is 11.5. The molecule has 0 amide bonds. The van der Waals surface area contributed by atoms with E-state index >= 15 is 0 Å². The number of nitrogens with zero attached hydrogens (tertiary/aromatic N) is 1. The molecular formula is C17H13ClFNO4. The molecule has 0 fully saturated rings. The van der Waals surface area contributed by atoms with Gasteiger partial charge in [0.25, 0.3) is 0 Å². The predicted molar refractivity (Wildman–Crippen MR) is 86.3 cm³/mol. The zero-order valence-electron chi connectivity index (χ0n) is 12.5. The second kappa shape index (κ2) is 6.88. The monoisotopic (exact) mass is 349 g/mol. The van der Waals surface area contributed by atoms with Gasteiger partial charge in [0.2, 0.25) is 0 Å². The molecule has 0 N–H and O–H groups in total. The average molecular weight is 350 g/mol. The van der Waals surface area contributed by atoms with Crippen LogP contribution in [0.5, 0.6) is 0 Å². The van der Waals surface area contributed by atoms with Crippen molar-refractivity contribution in [3.05, 3.63) is 69.4 Å². The number of oxazole rings is 1. The molecule has 2 aromatic carbocycles. The van der Waals surface area contributed by atoms with E-state index in [1.165, 1.54) is 16.7 Å². The van der Waals surface area contributed by atoms with Crippen LogP contribution in [0.25, 0.3) is 11.1 Å². The summed E-state index contributed by atoms with van der Waals surface area (Å²) in [5.74, 6) is -1.47. The van der Waals surface area contributed by atoms with E-state index in [1.807, 2.05) is 0 Å². The van der Waals surface area contributed by atoms with Crippen LogP contribution in [0.2, 0.25) is 5.02 Å². The van der Waals surface area contributed by atoms with Crippen molar-refractivity contribution in [1.82, 2.24) is 4.57 Å². The number of benzene rings is 2. The molecule has 5 nitrogen and oxygen atoms in total. The van der Waals surface area contributed by atoms with Crippen LogP contribution in [0.3, 0.4) is 0 Å². The Morgan fingerprint density at radius 2 is 2.04 bits per heavy atom. The Kier molecular flexibility index (Phi) is 4.66. The maximum absolute atomic E-state index is 13.0. The van der Waals surface area contributed by atoms with Crippen LogP contribution in [-0.4, -0.2) is 10.5 Å². The molecule has 3 rings (SSSR count). The molecule has 0 saturated heterocycles. The van der Waals surface area contributed by atoms with Crippen molar-refractivity contribution in [2.45, 2.75) is 19.6 Å². The van der Waals surface area contributed by atoms with Gasteiger partial charge in [-0.2, -0.15) is 0 Å². The lowest BCUT2D eigenvalue weighted by Crippen LogP contribution is -2.17. The third-order valence-corrected chi connectivity index (χ3v) is 3.87. The van der Waals surface area contributed by atoms with Gasteiger partial charge in [0.1, 0.15) is 12.4 Å². The largest absolute Gasteiger partial charge is 0.461 e. The van der Waals surface area contributed by atoms with Crippen LogP contribution in [0.15, 0.2) is 51.7 Å². The Morgan fingerprint density at radius 3 is 2.83 bits per heavy atom. The number of carbonyl (C=O) groups excluding carboxylic acids is 1. The molecular weight excluding hydrogens is 337 g/mol. The third-order valence-electron chi connectivity index (χ3n) is 3.52. The number of carbonyl (C=O) groups is 1. The quantitative estimate of drug-likeness (QED) is 0.661. The minimum absolute atomic E-state index is 0.00223. The van der Waals surface area contributed by atoms with E-state index in [-0.39, 0.29) is 24.6 Å². The van der Waals surface area contributed by atoms with Crippen molar-refractivity contribution in [2.75, 3.05) is 0 Å².